The van der Waals surface area contributed by atoms with E-state index in [9.17, 15) is 4.39 Å². The fourth-order valence-corrected chi connectivity index (χ4v) is 2.05. The van der Waals surface area contributed by atoms with E-state index in [1.165, 1.54) is 12.1 Å². The second-order valence-corrected chi connectivity index (χ2v) is 4.67. The molecule has 2 N–H and O–H groups in total. The molecule has 0 radical (unpaired) electrons. The number of nitrogens with two attached hydrogens (primary N) is 1. The Morgan fingerprint density at radius 2 is 2.06 bits per heavy atom. The van der Waals surface area contributed by atoms with Crippen LogP contribution >= 0.6 is 11.6 Å². The molecular weight excluding hydrogens is 251 g/mol. The van der Waals surface area contributed by atoms with Gasteiger partial charge in [-0.1, -0.05) is 24.6 Å². The van der Waals surface area contributed by atoms with Crippen LogP contribution in [-0.2, 0) is 0 Å². The number of hydrogen-bond donors (Lipinski definition) is 1. The fourth-order valence-electron chi connectivity index (χ4n) is 1.87. The maximum atomic E-state index is 13.7. The lowest BCUT2D eigenvalue weighted by atomic mass is 9.92. The summed E-state index contributed by atoms with van der Waals surface area (Å²) < 4.78 is 13.7. The van der Waals surface area contributed by atoms with E-state index in [-0.39, 0.29) is 11.7 Å². The molecule has 1 aromatic carbocycles. The summed E-state index contributed by atoms with van der Waals surface area (Å²) in [5.41, 5.74) is 7.36. The third kappa shape index (κ3) is 2.68. The van der Waals surface area contributed by atoms with Crippen molar-refractivity contribution in [1.29, 1.82) is 0 Å². The fraction of sp³-hybridized carbons (Fsp3) is 0.214. The van der Waals surface area contributed by atoms with Gasteiger partial charge in [0.05, 0.1) is 0 Å². The van der Waals surface area contributed by atoms with Crippen molar-refractivity contribution < 1.29 is 4.39 Å². The Kier molecular flexibility index (Phi) is 3.94. The van der Waals surface area contributed by atoms with Gasteiger partial charge in [-0.2, -0.15) is 0 Å². The molecule has 94 valence electrons. The van der Waals surface area contributed by atoms with Gasteiger partial charge < -0.3 is 5.73 Å². The molecule has 2 unspecified atom stereocenters. The number of hydrogen-bond acceptors (Lipinski definition) is 2. The van der Waals surface area contributed by atoms with Crippen LogP contribution in [0.3, 0.4) is 0 Å². The first kappa shape index (κ1) is 13.0. The Labute approximate surface area is 111 Å². The highest BCUT2D eigenvalue weighted by atomic mass is 35.5. The van der Waals surface area contributed by atoms with Crippen LogP contribution in [0.15, 0.2) is 42.6 Å². The number of halogens is 2. The van der Waals surface area contributed by atoms with Gasteiger partial charge in [0.15, 0.2) is 0 Å². The van der Waals surface area contributed by atoms with E-state index < -0.39 is 6.04 Å². The van der Waals surface area contributed by atoms with Gasteiger partial charge in [0.2, 0.25) is 0 Å². The van der Waals surface area contributed by atoms with Crippen LogP contribution in [0.2, 0.25) is 5.02 Å². The monoisotopic (exact) mass is 264 g/mol. The van der Waals surface area contributed by atoms with Gasteiger partial charge in [-0.3, -0.25) is 4.98 Å². The van der Waals surface area contributed by atoms with Crippen molar-refractivity contribution in [2.24, 2.45) is 5.73 Å². The number of nitrogens with zero attached hydrogens (tertiary/aromatic N) is 1. The summed E-state index contributed by atoms with van der Waals surface area (Å²) in [5.74, 6) is -0.422. The first-order valence-corrected chi connectivity index (χ1v) is 6.09. The Balaban J connectivity index is 2.31. The second-order valence-electron chi connectivity index (χ2n) is 4.23. The van der Waals surface area contributed by atoms with Crippen molar-refractivity contribution in [3.63, 3.8) is 0 Å². The number of aromatic nitrogens is 1. The number of rotatable bonds is 3. The molecule has 0 saturated heterocycles. The average Bonchev–Trinajstić information content (AvgIpc) is 2.41. The molecule has 18 heavy (non-hydrogen) atoms. The second kappa shape index (κ2) is 5.46. The Bertz CT molecular complexity index is 531. The van der Waals surface area contributed by atoms with E-state index in [0.717, 1.165) is 5.69 Å². The lowest BCUT2D eigenvalue weighted by Crippen LogP contribution is -2.19. The molecule has 2 rings (SSSR count). The van der Waals surface area contributed by atoms with E-state index in [4.69, 9.17) is 17.3 Å². The van der Waals surface area contributed by atoms with Gasteiger partial charge in [0, 0.05) is 34.4 Å². The largest absolute Gasteiger partial charge is 0.323 e. The minimum atomic E-state index is -0.474. The van der Waals surface area contributed by atoms with E-state index >= 15 is 0 Å². The standard InChI is InChI=1S/C14H14ClFN2/c1-9(13-4-2-3-7-18-13)14(17)11-8-10(15)5-6-12(11)16/h2-9,14H,17H2,1H3. The summed E-state index contributed by atoms with van der Waals surface area (Å²) >= 11 is 5.87. The molecule has 2 atom stereocenters. The highest BCUT2D eigenvalue weighted by Gasteiger charge is 2.20. The summed E-state index contributed by atoms with van der Waals surface area (Å²) in [5, 5.41) is 0.482. The van der Waals surface area contributed by atoms with E-state index in [1.807, 2.05) is 25.1 Å². The summed E-state index contributed by atoms with van der Waals surface area (Å²) in [6.07, 6.45) is 1.70. The zero-order valence-corrected chi connectivity index (χ0v) is 10.7. The van der Waals surface area contributed by atoms with Gasteiger partial charge in [-0.25, -0.2) is 4.39 Å². The molecule has 1 heterocycles. The van der Waals surface area contributed by atoms with Crippen LogP contribution in [-0.4, -0.2) is 4.98 Å². The average molecular weight is 265 g/mol. The lowest BCUT2D eigenvalue weighted by Gasteiger charge is -2.20. The quantitative estimate of drug-likeness (QED) is 0.919. The molecule has 0 aliphatic carbocycles. The van der Waals surface area contributed by atoms with Gasteiger partial charge in [-0.05, 0) is 30.3 Å². The molecular formula is C14H14ClFN2. The predicted molar refractivity (Wildman–Crippen MR) is 71.0 cm³/mol. The summed E-state index contributed by atoms with van der Waals surface area (Å²) in [6.45, 7) is 1.92. The highest BCUT2D eigenvalue weighted by Crippen LogP contribution is 2.30. The van der Waals surface area contributed by atoms with Crippen LogP contribution in [0.4, 0.5) is 4.39 Å². The van der Waals surface area contributed by atoms with Gasteiger partial charge >= 0.3 is 0 Å². The van der Waals surface area contributed by atoms with Gasteiger partial charge in [0.25, 0.3) is 0 Å². The van der Waals surface area contributed by atoms with Gasteiger partial charge in [0.1, 0.15) is 5.82 Å². The van der Waals surface area contributed by atoms with Crippen molar-refractivity contribution in [3.05, 3.63) is 64.7 Å². The molecule has 0 aliphatic rings. The Morgan fingerprint density at radius 3 is 2.72 bits per heavy atom. The van der Waals surface area contributed by atoms with E-state index in [1.54, 1.807) is 12.3 Å². The minimum Gasteiger partial charge on any atom is -0.323 e. The molecule has 2 nitrogen and oxygen atoms in total. The normalized spacial score (nSPS) is 14.2. The van der Waals surface area contributed by atoms with E-state index in [2.05, 4.69) is 4.98 Å². The summed E-state index contributed by atoms with van der Waals surface area (Å²) in [4.78, 5) is 4.24. The van der Waals surface area contributed by atoms with Crippen LogP contribution in [0.1, 0.15) is 30.1 Å². The molecule has 1 aromatic heterocycles. The van der Waals surface area contributed by atoms with Crippen LogP contribution in [0, 0.1) is 5.82 Å². The Hall–Kier alpha value is -1.45. The molecule has 0 amide bonds. The first-order valence-electron chi connectivity index (χ1n) is 5.71. The van der Waals surface area contributed by atoms with Crippen molar-refractivity contribution in [1.82, 2.24) is 4.98 Å². The summed E-state index contributed by atoms with van der Waals surface area (Å²) in [7, 11) is 0. The minimum absolute atomic E-state index is 0.0841. The predicted octanol–water partition coefficient (Wildman–Crippen LogP) is 3.68. The third-order valence-corrected chi connectivity index (χ3v) is 3.25. The number of pyridine rings is 1. The first-order chi connectivity index (χ1) is 8.59. The molecule has 0 saturated carbocycles. The number of benzene rings is 1. The van der Waals surface area contributed by atoms with Crippen LogP contribution in [0.25, 0.3) is 0 Å². The molecule has 0 bridgehead atoms. The lowest BCUT2D eigenvalue weighted by molar-refractivity contribution is 0.533. The zero-order chi connectivity index (χ0) is 13.1. The van der Waals surface area contributed by atoms with Crippen molar-refractivity contribution in [3.8, 4) is 0 Å². The zero-order valence-electron chi connectivity index (χ0n) is 9.98. The third-order valence-electron chi connectivity index (χ3n) is 3.01. The van der Waals surface area contributed by atoms with Crippen molar-refractivity contribution in [2.45, 2.75) is 18.9 Å². The summed E-state index contributed by atoms with van der Waals surface area (Å²) in [6, 6.07) is 9.55. The maximum absolute atomic E-state index is 13.7. The SMILES string of the molecule is CC(c1ccccn1)C(N)c1cc(Cl)ccc1F. The van der Waals surface area contributed by atoms with Crippen molar-refractivity contribution >= 4 is 11.6 Å². The molecule has 0 spiro atoms. The van der Waals surface area contributed by atoms with Crippen LogP contribution < -0.4 is 5.73 Å². The maximum Gasteiger partial charge on any atom is 0.128 e. The molecule has 0 aliphatic heterocycles. The van der Waals surface area contributed by atoms with Crippen molar-refractivity contribution in [2.75, 3.05) is 0 Å². The smallest absolute Gasteiger partial charge is 0.128 e. The van der Waals surface area contributed by atoms with E-state index in [0.29, 0.717) is 10.6 Å². The highest BCUT2D eigenvalue weighted by molar-refractivity contribution is 6.30. The van der Waals surface area contributed by atoms with Crippen LogP contribution in [0.5, 0.6) is 0 Å². The molecule has 4 heteroatoms. The van der Waals surface area contributed by atoms with Gasteiger partial charge in [-0.15, -0.1) is 0 Å². The molecule has 0 fully saturated rings. The topological polar surface area (TPSA) is 38.9 Å². The Morgan fingerprint density at radius 1 is 1.28 bits per heavy atom. The molecule has 2 aromatic rings.